The molecule has 0 radical (unpaired) electrons. The van der Waals surface area contributed by atoms with Crippen LogP contribution in [0, 0.1) is 0 Å². The third-order valence-electron chi connectivity index (χ3n) is 4.30. The Labute approximate surface area is 153 Å². The first kappa shape index (κ1) is 17.7. The molecule has 2 aromatic carbocycles. The van der Waals surface area contributed by atoms with Gasteiger partial charge in [-0.25, -0.2) is 4.98 Å². The van der Waals surface area contributed by atoms with E-state index in [4.69, 9.17) is 10.5 Å². The molecule has 1 heterocycles. The maximum atomic E-state index is 11.8. The minimum Gasteiger partial charge on any atom is -0.457 e. The van der Waals surface area contributed by atoms with Crippen molar-refractivity contribution in [1.82, 2.24) is 9.55 Å². The summed E-state index contributed by atoms with van der Waals surface area (Å²) in [5.74, 6) is 0.984. The van der Waals surface area contributed by atoms with E-state index >= 15 is 0 Å². The second-order valence-electron chi connectivity index (χ2n) is 6.17. The van der Waals surface area contributed by atoms with Crippen LogP contribution in [-0.4, -0.2) is 15.5 Å². The highest BCUT2D eigenvalue weighted by Crippen LogP contribution is 2.30. The van der Waals surface area contributed by atoms with E-state index in [9.17, 15) is 4.79 Å². The minimum atomic E-state index is -0.419. The standard InChI is InChI=1S/C21H23N3O2/c1-2-3-4-6-18-19(21(22)25)7-5-8-20(18)26-17-11-9-16(10-12-17)24-14-13-23-15-24/h5,7-15H,2-4,6H2,1H3,(H2,22,25). The summed E-state index contributed by atoms with van der Waals surface area (Å²) in [6.45, 7) is 2.15. The zero-order valence-corrected chi connectivity index (χ0v) is 14.9. The SMILES string of the molecule is CCCCCc1c(Oc2ccc(-n3ccnc3)cc2)cccc1C(N)=O. The van der Waals surface area contributed by atoms with E-state index in [-0.39, 0.29) is 0 Å². The summed E-state index contributed by atoms with van der Waals surface area (Å²) in [5.41, 5.74) is 7.97. The third-order valence-corrected chi connectivity index (χ3v) is 4.30. The molecule has 0 spiro atoms. The summed E-state index contributed by atoms with van der Waals surface area (Å²) in [4.78, 5) is 15.8. The third kappa shape index (κ3) is 4.11. The fourth-order valence-corrected chi connectivity index (χ4v) is 2.93. The monoisotopic (exact) mass is 349 g/mol. The summed E-state index contributed by atoms with van der Waals surface area (Å²) in [6.07, 6.45) is 9.36. The quantitative estimate of drug-likeness (QED) is 0.609. The molecule has 0 aliphatic carbocycles. The molecule has 5 nitrogen and oxygen atoms in total. The van der Waals surface area contributed by atoms with Crippen molar-refractivity contribution in [1.29, 1.82) is 0 Å². The molecule has 3 rings (SSSR count). The maximum absolute atomic E-state index is 11.8. The minimum absolute atomic E-state index is 0.419. The van der Waals surface area contributed by atoms with Gasteiger partial charge in [0.25, 0.3) is 0 Å². The first-order valence-corrected chi connectivity index (χ1v) is 8.87. The Hall–Kier alpha value is -3.08. The van der Waals surface area contributed by atoms with Crippen molar-refractivity contribution in [2.45, 2.75) is 32.6 Å². The molecule has 3 aromatic rings. The van der Waals surface area contributed by atoms with Crippen LogP contribution in [0.1, 0.15) is 42.1 Å². The van der Waals surface area contributed by atoms with Gasteiger partial charge in [-0.15, -0.1) is 0 Å². The first-order chi connectivity index (χ1) is 12.7. The van der Waals surface area contributed by atoms with E-state index in [2.05, 4.69) is 11.9 Å². The number of carbonyl (C=O) groups excluding carboxylic acids is 1. The van der Waals surface area contributed by atoms with Gasteiger partial charge in [0.2, 0.25) is 5.91 Å². The number of aromatic nitrogens is 2. The van der Waals surface area contributed by atoms with E-state index in [1.165, 1.54) is 0 Å². The van der Waals surface area contributed by atoms with E-state index < -0.39 is 5.91 Å². The van der Waals surface area contributed by atoms with Crippen LogP contribution >= 0.6 is 0 Å². The molecule has 134 valence electrons. The van der Waals surface area contributed by atoms with Crippen molar-refractivity contribution in [3.05, 3.63) is 72.3 Å². The highest BCUT2D eigenvalue weighted by atomic mass is 16.5. The molecule has 0 saturated heterocycles. The predicted molar refractivity (Wildman–Crippen MR) is 102 cm³/mol. The number of amides is 1. The molecule has 0 saturated carbocycles. The number of carbonyl (C=O) groups is 1. The van der Waals surface area contributed by atoms with E-state index in [0.717, 1.165) is 36.9 Å². The van der Waals surface area contributed by atoms with Gasteiger partial charge in [0, 0.05) is 29.2 Å². The van der Waals surface area contributed by atoms with Gasteiger partial charge in [-0.05, 0) is 49.2 Å². The molecular formula is C21H23N3O2. The summed E-state index contributed by atoms with van der Waals surface area (Å²) < 4.78 is 7.99. The van der Waals surface area contributed by atoms with Gasteiger partial charge < -0.3 is 15.0 Å². The average Bonchev–Trinajstić information content (AvgIpc) is 3.18. The molecule has 1 amide bonds. The second-order valence-corrected chi connectivity index (χ2v) is 6.17. The van der Waals surface area contributed by atoms with Crippen molar-refractivity contribution in [2.24, 2.45) is 5.73 Å². The molecule has 5 heteroatoms. The maximum Gasteiger partial charge on any atom is 0.249 e. The van der Waals surface area contributed by atoms with Crippen molar-refractivity contribution in [2.75, 3.05) is 0 Å². The van der Waals surface area contributed by atoms with Gasteiger partial charge in [0.15, 0.2) is 0 Å². The van der Waals surface area contributed by atoms with Gasteiger partial charge in [-0.1, -0.05) is 25.8 Å². The van der Waals surface area contributed by atoms with E-state index in [1.54, 1.807) is 24.7 Å². The van der Waals surface area contributed by atoms with Crippen LogP contribution in [0.4, 0.5) is 0 Å². The number of ether oxygens (including phenoxy) is 1. The van der Waals surface area contributed by atoms with Crippen molar-refractivity contribution < 1.29 is 9.53 Å². The van der Waals surface area contributed by atoms with Crippen LogP contribution in [0.15, 0.2) is 61.2 Å². The Kier molecular flexibility index (Phi) is 5.69. The van der Waals surface area contributed by atoms with Gasteiger partial charge >= 0.3 is 0 Å². The first-order valence-electron chi connectivity index (χ1n) is 8.87. The van der Waals surface area contributed by atoms with Crippen LogP contribution in [0.3, 0.4) is 0 Å². The van der Waals surface area contributed by atoms with E-state index in [0.29, 0.717) is 17.1 Å². The lowest BCUT2D eigenvalue weighted by Gasteiger charge is -2.14. The Balaban J connectivity index is 1.84. The largest absolute Gasteiger partial charge is 0.457 e. The Morgan fingerprint density at radius 2 is 1.96 bits per heavy atom. The van der Waals surface area contributed by atoms with Crippen LogP contribution in [0.2, 0.25) is 0 Å². The zero-order valence-electron chi connectivity index (χ0n) is 14.9. The number of rotatable bonds is 8. The molecule has 2 N–H and O–H groups in total. The molecule has 0 unspecified atom stereocenters. The molecule has 1 aromatic heterocycles. The molecule has 26 heavy (non-hydrogen) atoms. The highest BCUT2D eigenvalue weighted by molar-refractivity contribution is 5.95. The van der Waals surface area contributed by atoms with Gasteiger partial charge in [-0.2, -0.15) is 0 Å². The molecule has 0 atom stereocenters. The lowest BCUT2D eigenvalue weighted by Crippen LogP contribution is -2.14. The Morgan fingerprint density at radius 3 is 2.62 bits per heavy atom. The van der Waals surface area contributed by atoms with Crippen molar-refractivity contribution >= 4 is 5.91 Å². The van der Waals surface area contributed by atoms with Crippen LogP contribution in [0.25, 0.3) is 5.69 Å². The molecule has 0 fully saturated rings. The Bertz CT molecular complexity index is 855. The summed E-state index contributed by atoms with van der Waals surface area (Å²) in [7, 11) is 0. The fraction of sp³-hybridized carbons (Fsp3) is 0.238. The fourth-order valence-electron chi connectivity index (χ4n) is 2.93. The number of nitrogens with two attached hydrogens (primary N) is 1. The molecule has 0 bridgehead atoms. The van der Waals surface area contributed by atoms with Gasteiger partial charge in [0.05, 0.1) is 6.33 Å². The normalized spacial score (nSPS) is 10.7. The van der Waals surface area contributed by atoms with E-state index in [1.807, 2.05) is 41.1 Å². The Morgan fingerprint density at radius 1 is 1.15 bits per heavy atom. The van der Waals surface area contributed by atoms with Gasteiger partial charge in [0.1, 0.15) is 11.5 Å². The topological polar surface area (TPSA) is 70.1 Å². The molecule has 0 aliphatic heterocycles. The number of imidazole rings is 1. The van der Waals surface area contributed by atoms with Crippen LogP contribution in [0.5, 0.6) is 11.5 Å². The lowest BCUT2D eigenvalue weighted by molar-refractivity contribution is 0.0999. The average molecular weight is 349 g/mol. The number of unbranched alkanes of at least 4 members (excludes halogenated alkanes) is 2. The number of hydrogen-bond acceptors (Lipinski definition) is 3. The number of primary amides is 1. The lowest BCUT2D eigenvalue weighted by atomic mass is 9.99. The smallest absolute Gasteiger partial charge is 0.249 e. The molecular weight excluding hydrogens is 326 g/mol. The van der Waals surface area contributed by atoms with Crippen molar-refractivity contribution in [3.8, 4) is 17.2 Å². The van der Waals surface area contributed by atoms with Gasteiger partial charge in [-0.3, -0.25) is 4.79 Å². The number of benzene rings is 2. The zero-order chi connectivity index (χ0) is 18.4. The number of nitrogens with zero attached hydrogens (tertiary/aromatic N) is 2. The van der Waals surface area contributed by atoms with Crippen LogP contribution in [-0.2, 0) is 6.42 Å². The molecule has 0 aliphatic rings. The van der Waals surface area contributed by atoms with Crippen molar-refractivity contribution in [3.63, 3.8) is 0 Å². The summed E-state index contributed by atoms with van der Waals surface area (Å²) in [6, 6.07) is 13.2. The predicted octanol–water partition coefficient (Wildman–Crippen LogP) is 4.50. The summed E-state index contributed by atoms with van der Waals surface area (Å²) in [5, 5.41) is 0. The second kappa shape index (κ2) is 8.34. The number of hydrogen-bond donors (Lipinski definition) is 1. The highest BCUT2D eigenvalue weighted by Gasteiger charge is 2.14. The van der Waals surface area contributed by atoms with Crippen LogP contribution < -0.4 is 10.5 Å². The summed E-state index contributed by atoms with van der Waals surface area (Å²) >= 11 is 0.